The largest absolute Gasteiger partial charge is 0.378 e. The summed E-state index contributed by atoms with van der Waals surface area (Å²) in [5.41, 5.74) is 3.02. The van der Waals surface area contributed by atoms with E-state index in [1.807, 2.05) is 36.4 Å². The SMILES string of the molecule is Fc1ccc(CCNc2nc(-c3ccccc3)cc(N3CCOCC3)n2)cc1. The zero-order chi connectivity index (χ0) is 19.2. The summed E-state index contributed by atoms with van der Waals surface area (Å²) in [7, 11) is 0. The Hall–Kier alpha value is -2.99. The number of rotatable bonds is 6. The summed E-state index contributed by atoms with van der Waals surface area (Å²) in [5, 5.41) is 3.32. The first kappa shape index (κ1) is 18.4. The molecule has 0 saturated carbocycles. The molecule has 2 aromatic carbocycles. The van der Waals surface area contributed by atoms with Crippen molar-refractivity contribution < 1.29 is 9.13 Å². The zero-order valence-corrected chi connectivity index (χ0v) is 15.6. The summed E-state index contributed by atoms with van der Waals surface area (Å²) in [6.45, 7) is 3.73. The quantitative estimate of drug-likeness (QED) is 0.708. The van der Waals surface area contributed by atoms with E-state index in [0.29, 0.717) is 25.7 Å². The summed E-state index contributed by atoms with van der Waals surface area (Å²) < 4.78 is 18.5. The molecular formula is C22H23FN4O. The van der Waals surface area contributed by atoms with Gasteiger partial charge in [-0.1, -0.05) is 42.5 Å². The van der Waals surface area contributed by atoms with Crippen LogP contribution < -0.4 is 10.2 Å². The predicted octanol–water partition coefficient (Wildman–Crippen LogP) is 3.77. The van der Waals surface area contributed by atoms with Gasteiger partial charge in [0.25, 0.3) is 0 Å². The van der Waals surface area contributed by atoms with Crippen LogP contribution in [-0.2, 0) is 11.2 Å². The standard InChI is InChI=1S/C22H23FN4O/c23-19-8-6-17(7-9-19)10-11-24-22-25-20(18-4-2-1-3-5-18)16-21(26-22)27-12-14-28-15-13-27/h1-9,16H,10-15H2,(H,24,25,26). The van der Waals surface area contributed by atoms with Crippen LogP contribution in [0.4, 0.5) is 16.2 Å². The van der Waals surface area contributed by atoms with Gasteiger partial charge in [0, 0.05) is 31.3 Å². The summed E-state index contributed by atoms with van der Waals surface area (Å²) in [6, 6.07) is 18.7. The van der Waals surface area contributed by atoms with Gasteiger partial charge in [0.2, 0.25) is 5.95 Å². The van der Waals surface area contributed by atoms with Gasteiger partial charge in [-0.3, -0.25) is 0 Å². The van der Waals surface area contributed by atoms with E-state index >= 15 is 0 Å². The van der Waals surface area contributed by atoms with Gasteiger partial charge in [-0.05, 0) is 24.1 Å². The van der Waals surface area contributed by atoms with Crippen LogP contribution >= 0.6 is 0 Å². The molecule has 1 aliphatic heterocycles. The molecule has 1 N–H and O–H groups in total. The Morgan fingerprint density at radius 2 is 1.71 bits per heavy atom. The van der Waals surface area contributed by atoms with Crippen LogP contribution in [0.15, 0.2) is 60.7 Å². The average Bonchev–Trinajstić information content (AvgIpc) is 2.76. The van der Waals surface area contributed by atoms with Crippen molar-refractivity contribution in [3.63, 3.8) is 0 Å². The second-order valence-electron chi connectivity index (χ2n) is 6.70. The molecule has 0 aliphatic carbocycles. The molecule has 28 heavy (non-hydrogen) atoms. The van der Waals surface area contributed by atoms with E-state index in [0.717, 1.165) is 42.1 Å². The molecule has 2 heterocycles. The highest BCUT2D eigenvalue weighted by Gasteiger charge is 2.15. The van der Waals surface area contributed by atoms with Crippen LogP contribution in [-0.4, -0.2) is 42.8 Å². The van der Waals surface area contributed by atoms with Crippen molar-refractivity contribution >= 4 is 11.8 Å². The van der Waals surface area contributed by atoms with Crippen molar-refractivity contribution in [3.8, 4) is 11.3 Å². The molecule has 1 aromatic heterocycles. The van der Waals surface area contributed by atoms with Crippen LogP contribution in [0.25, 0.3) is 11.3 Å². The number of hydrogen-bond acceptors (Lipinski definition) is 5. The Morgan fingerprint density at radius 3 is 2.46 bits per heavy atom. The number of ether oxygens (including phenoxy) is 1. The zero-order valence-electron chi connectivity index (χ0n) is 15.6. The number of benzene rings is 2. The first-order chi connectivity index (χ1) is 13.8. The molecule has 0 bridgehead atoms. The van der Waals surface area contributed by atoms with E-state index < -0.39 is 0 Å². The maximum absolute atomic E-state index is 13.1. The lowest BCUT2D eigenvalue weighted by atomic mass is 10.1. The molecule has 4 rings (SSSR count). The van der Waals surface area contributed by atoms with E-state index in [-0.39, 0.29) is 5.82 Å². The molecule has 0 spiro atoms. The van der Waals surface area contributed by atoms with Crippen molar-refractivity contribution in [3.05, 3.63) is 72.0 Å². The lowest BCUT2D eigenvalue weighted by Crippen LogP contribution is -2.37. The number of morpholine rings is 1. The smallest absolute Gasteiger partial charge is 0.225 e. The number of halogens is 1. The van der Waals surface area contributed by atoms with Gasteiger partial charge >= 0.3 is 0 Å². The fourth-order valence-electron chi connectivity index (χ4n) is 3.19. The summed E-state index contributed by atoms with van der Waals surface area (Å²) >= 11 is 0. The highest BCUT2D eigenvalue weighted by molar-refractivity contribution is 5.64. The van der Waals surface area contributed by atoms with Crippen molar-refractivity contribution in [2.45, 2.75) is 6.42 Å². The third-order valence-corrected chi connectivity index (χ3v) is 4.73. The Bertz CT molecular complexity index is 896. The monoisotopic (exact) mass is 378 g/mol. The first-order valence-corrected chi connectivity index (χ1v) is 9.53. The van der Waals surface area contributed by atoms with Crippen LogP contribution in [0.3, 0.4) is 0 Å². The molecule has 1 aliphatic rings. The summed E-state index contributed by atoms with van der Waals surface area (Å²) in [4.78, 5) is 11.6. The molecule has 0 atom stereocenters. The normalized spacial score (nSPS) is 14.1. The molecule has 0 radical (unpaired) electrons. The van der Waals surface area contributed by atoms with Gasteiger partial charge in [-0.25, -0.2) is 9.37 Å². The predicted molar refractivity (Wildman–Crippen MR) is 109 cm³/mol. The Balaban J connectivity index is 1.53. The lowest BCUT2D eigenvalue weighted by molar-refractivity contribution is 0.122. The van der Waals surface area contributed by atoms with Crippen LogP contribution in [0.5, 0.6) is 0 Å². The highest BCUT2D eigenvalue weighted by atomic mass is 19.1. The maximum Gasteiger partial charge on any atom is 0.225 e. The molecule has 144 valence electrons. The Labute approximate surface area is 164 Å². The van der Waals surface area contributed by atoms with E-state index in [4.69, 9.17) is 14.7 Å². The topological polar surface area (TPSA) is 50.3 Å². The first-order valence-electron chi connectivity index (χ1n) is 9.53. The molecule has 1 fully saturated rings. The molecule has 1 saturated heterocycles. The second kappa shape index (κ2) is 8.80. The van der Waals surface area contributed by atoms with Crippen molar-refractivity contribution in [1.29, 1.82) is 0 Å². The maximum atomic E-state index is 13.1. The minimum Gasteiger partial charge on any atom is -0.378 e. The van der Waals surface area contributed by atoms with Gasteiger partial charge in [0.05, 0.1) is 18.9 Å². The van der Waals surface area contributed by atoms with E-state index in [2.05, 4.69) is 10.2 Å². The van der Waals surface area contributed by atoms with Crippen molar-refractivity contribution in [2.24, 2.45) is 0 Å². The second-order valence-corrected chi connectivity index (χ2v) is 6.70. The van der Waals surface area contributed by atoms with E-state index in [9.17, 15) is 4.39 Å². The lowest BCUT2D eigenvalue weighted by Gasteiger charge is -2.28. The fraction of sp³-hybridized carbons (Fsp3) is 0.273. The van der Waals surface area contributed by atoms with Crippen molar-refractivity contribution in [1.82, 2.24) is 9.97 Å². The van der Waals surface area contributed by atoms with Gasteiger partial charge in [-0.15, -0.1) is 0 Å². The van der Waals surface area contributed by atoms with Crippen LogP contribution in [0.1, 0.15) is 5.56 Å². The molecule has 6 heteroatoms. The molecule has 5 nitrogen and oxygen atoms in total. The Morgan fingerprint density at radius 1 is 0.964 bits per heavy atom. The highest BCUT2D eigenvalue weighted by Crippen LogP contribution is 2.24. The third kappa shape index (κ3) is 4.64. The number of nitrogens with one attached hydrogen (secondary N) is 1. The summed E-state index contributed by atoms with van der Waals surface area (Å²) in [6.07, 6.45) is 0.770. The van der Waals surface area contributed by atoms with Crippen LogP contribution in [0, 0.1) is 5.82 Å². The summed E-state index contributed by atoms with van der Waals surface area (Å²) in [5.74, 6) is 1.29. The van der Waals surface area contributed by atoms with Gasteiger partial charge < -0.3 is 15.0 Å². The van der Waals surface area contributed by atoms with Gasteiger partial charge in [0.15, 0.2) is 0 Å². The molecule has 3 aromatic rings. The average molecular weight is 378 g/mol. The fourth-order valence-corrected chi connectivity index (χ4v) is 3.19. The number of hydrogen-bond donors (Lipinski definition) is 1. The third-order valence-electron chi connectivity index (χ3n) is 4.73. The minimum absolute atomic E-state index is 0.217. The Kier molecular flexibility index (Phi) is 5.77. The van der Waals surface area contributed by atoms with E-state index in [1.165, 1.54) is 12.1 Å². The molecule has 0 unspecified atom stereocenters. The van der Waals surface area contributed by atoms with Gasteiger partial charge in [0.1, 0.15) is 11.6 Å². The van der Waals surface area contributed by atoms with Crippen molar-refractivity contribution in [2.75, 3.05) is 43.1 Å². The minimum atomic E-state index is -0.217. The number of aromatic nitrogens is 2. The number of anilines is 2. The van der Waals surface area contributed by atoms with Crippen LogP contribution in [0.2, 0.25) is 0 Å². The number of nitrogens with zero attached hydrogens (tertiary/aromatic N) is 3. The molecular weight excluding hydrogens is 355 g/mol. The van der Waals surface area contributed by atoms with Gasteiger partial charge in [-0.2, -0.15) is 4.98 Å². The van der Waals surface area contributed by atoms with E-state index in [1.54, 1.807) is 12.1 Å². The molecule has 0 amide bonds.